The monoisotopic (exact) mass is 387 g/mol. The second-order valence-electron chi connectivity index (χ2n) is 6.45. The molecule has 3 aromatic rings. The molecule has 2 aromatic carbocycles. The second kappa shape index (κ2) is 7.20. The van der Waals surface area contributed by atoms with Gasteiger partial charge in [0.1, 0.15) is 11.4 Å². The van der Waals surface area contributed by atoms with E-state index in [0.717, 1.165) is 4.90 Å². The molecule has 0 spiro atoms. The van der Waals surface area contributed by atoms with E-state index < -0.39 is 11.8 Å². The molecule has 1 aliphatic heterocycles. The van der Waals surface area contributed by atoms with Crippen LogP contribution in [-0.4, -0.2) is 36.9 Å². The number of anilines is 2. The minimum Gasteiger partial charge on any atom is -0.497 e. The molecule has 0 aliphatic carbocycles. The smallest absolute Gasteiger partial charge is 0.284 e. The number of carbonyl (C=O) groups is 3. The number of amides is 3. The number of hydrogen-bond donors (Lipinski definition) is 0. The molecule has 1 aliphatic rings. The molecule has 0 unspecified atom stereocenters. The summed E-state index contributed by atoms with van der Waals surface area (Å²) in [6.45, 7) is 0. The minimum atomic E-state index is -0.472. The lowest BCUT2D eigenvalue weighted by Gasteiger charge is -2.19. The molecule has 0 bridgehead atoms. The highest BCUT2D eigenvalue weighted by Crippen LogP contribution is 2.27. The molecular weight excluding hydrogens is 370 g/mol. The van der Waals surface area contributed by atoms with E-state index >= 15 is 0 Å². The van der Waals surface area contributed by atoms with Crippen LogP contribution >= 0.6 is 0 Å². The normalized spacial score (nSPS) is 12.7. The number of benzene rings is 2. The van der Waals surface area contributed by atoms with Gasteiger partial charge in [0.05, 0.1) is 18.4 Å². The molecule has 1 aromatic heterocycles. The Morgan fingerprint density at radius 3 is 2.28 bits per heavy atom. The van der Waals surface area contributed by atoms with Crippen molar-refractivity contribution in [3.05, 3.63) is 83.7 Å². The molecule has 0 atom stereocenters. The molecular formula is C22H17N3O4. The first-order valence-electron chi connectivity index (χ1n) is 8.87. The van der Waals surface area contributed by atoms with Crippen LogP contribution in [0.3, 0.4) is 0 Å². The first kappa shape index (κ1) is 18.4. The number of aromatic nitrogens is 1. The van der Waals surface area contributed by atoms with Gasteiger partial charge in [-0.1, -0.05) is 0 Å². The Balaban J connectivity index is 1.56. The maximum absolute atomic E-state index is 12.8. The van der Waals surface area contributed by atoms with Crippen molar-refractivity contribution in [3.8, 4) is 5.75 Å². The standard InChI is InChI=1S/C22H17N3O4/c1-24(15-9-11-17(29-2)12-10-15)20(26)14-5-7-16(8-6-14)25-21(27)18-4-3-13-23-19(18)22(25)28/h3-13H,1-2H3. The van der Waals surface area contributed by atoms with Gasteiger partial charge >= 0.3 is 0 Å². The van der Waals surface area contributed by atoms with E-state index in [0.29, 0.717) is 22.7 Å². The van der Waals surface area contributed by atoms with Crippen LogP contribution in [0.15, 0.2) is 66.9 Å². The molecule has 144 valence electrons. The van der Waals surface area contributed by atoms with Crippen LogP contribution in [0.5, 0.6) is 5.75 Å². The van der Waals surface area contributed by atoms with Gasteiger partial charge in [0.25, 0.3) is 17.7 Å². The third-order valence-electron chi connectivity index (χ3n) is 4.78. The van der Waals surface area contributed by atoms with Gasteiger partial charge in [0.2, 0.25) is 0 Å². The Morgan fingerprint density at radius 1 is 0.966 bits per heavy atom. The summed E-state index contributed by atoms with van der Waals surface area (Å²) < 4.78 is 5.13. The van der Waals surface area contributed by atoms with Crippen molar-refractivity contribution in [1.82, 2.24) is 4.98 Å². The maximum atomic E-state index is 12.8. The summed E-state index contributed by atoms with van der Waals surface area (Å²) in [5, 5.41) is 0. The van der Waals surface area contributed by atoms with E-state index in [1.54, 1.807) is 74.8 Å². The summed E-state index contributed by atoms with van der Waals surface area (Å²) in [6, 6.07) is 16.7. The van der Waals surface area contributed by atoms with E-state index in [1.807, 2.05) is 0 Å². The number of nitrogens with zero attached hydrogens (tertiary/aromatic N) is 3. The van der Waals surface area contributed by atoms with Gasteiger partial charge in [-0.3, -0.25) is 19.4 Å². The summed E-state index contributed by atoms with van der Waals surface area (Å²) in [5.41, 5.74) is 1.95. The van der Waals surface area contributed by atoms with E-state index in [4.69, 9.17) is 4.74 Å². The molecule has 0 saturated heterocycles. The van der Waals surface area contributed by atoms with E-state index in [-0.39, 0.29) is 17.2 Å². The van der Waals surface area contributed by atoms with Crippen LogP contribution in [0.1, 0.15) is 31.2 Å². The van der Waals surface area contributed by atoms with Crippen molar-refractivity contribution in [2.75, 3.05) is 24.0 Å². The molecule has 0 radical (unpaired) electrons. The summed E-state index contributed by atoms with van der Waals surface area (Å²) in [4.78, 5) is 44.4. The van der Waals surface area contributed by atoms with E-state index in [1.165, 1.54) is 11.1 Å². The molecule has 4 rings (SSSR count). The first-order chi connectivity index (χ1) is 14.0. The molecule has 7 heteroatoms. The topological polar surface area (TPSA) is 79.8 Å². The fraction of sp³-hybridized carbons (Fsp3) is 0.0909. The number of fused-ring (bicyclic) bond motifs is 1. The predicted molar refractivity (Wildman–Crippen MR) is 108 cm³/mol. The highest BCUT2D eigenvalue weighted by atomic mass is 16.5. The number of pyridine rings is 1. The van der Waals surface area contributed by atoms with Crippen LogP contribution < -0.4 is 14.5 Å². The van der Waals surface area contributed by atoms with Crippen LogP contribution in [0.4, 0.5) is 11.4 Å². The molecule has 7 nitrogen and oxygen atoms in total. The van der Waals surface area contributed by atoms with Crippen LogP contribution in [0.25, 0.3) is 0 Å². The Labute approximate surface area is 167 Å². The van der Waals surface area contributed by atoms with Crippen molar-refractivity contribution in [2.24, 2.45) is 0 Å². The fourth-order valence-corrected chi connectivity index (χ4v) is 3.17. The average Bonchev–Trinajstić information content (AvgIpc) is 3.03. The molecule has 0 fully saturated rings. The lowest BCUT2D eigenvalue weighted by atomic mass is 10.1. The average molecular weight is 387 g/mol. The van der Waals surface area contributed by atoms with Crippen molar-refractivity contribution in [3.63, 3.8) is 0 Å². The van der Waals surface area contributed by atoms with Gasteiger partial charge in [-0.05, 0) is 60.7 Å². The summed E-state index contributed by atoms with van der Waals surface area (Å²) in [5.74, 6) is -0.410. The summed E-state index contributed by atoms with van der Waals surface area (Å²) >= 11 is 0. The van der Waals surface area contributed by atoms with Gasteiger partial charge in [-0.15, -0.1) is 0 Å². The van der Waals surface area contributed by atoms with E-state index in [2.05, 4.69) is 4.98 Å². The Bertz CT molecular complexity index is 1070. The Hall–Kier alpha value is -4.00. The number of methoxy groups -OCH3 is 1. The highest BCUT2D eigenvalue weighted by molar-refractivity contribution is 6.33. The SMILES string of the molecule is COc1ccc(N(C)C(=O)c2ccc(N3C(=O)c4cccnc4C3=O)cc2)cc1. The quantitative estimate of drug-likeness (QED) is 0.643. The number of rotatable bonds is 4. The largest absolute Gasteiger partial charge is 0.497 e. The van der Waals surface area contributed by atoms with Gasteiger partial charge < -0.3 is 9.64 Å². The molecule has 2 heterocycles. The molecule has 0 saturated carbocycles. The summed E-state index contributed by atoms with van der Waals surface area (Å²) in [7, 11) is 3.25. The number of hydrogen-bond acceptors (Lipinski definition) is 5. The molecule has 29 heavy (non-hydrogen) atoms. The predicted octanol–water partition coefficient (Wildman–Crippen LogP) is 3.17. The third kappa shape index (κ3) is 3.12. The van der Waals surface area contributed by atoms with Crippen molar-refractivity contribution < 1.29 is 19.1 Å². The zero-order chi connectivity index (χ0) is 20.5. The zero-order valence-corrected chi connectivity index (χ0v) is 15.8. The van der Waals surface area contributed by atoms with E-state index in [9.17, 15) is 14.4 Å². The van der Waals surface area contributed by atoms with Crippen LogP contribution in [-0.2, 0) is 0 Å². The Morgan fingerprint density at radius 2 is 1.66 bits per heavy atom. The van der Waals surface area contributed by atoms with Crippen LogP contribution in [0.2, 0.25) is 0 Å². The number of carbonyl (C=O) groups excluding carboxylic acids is 3. The minimum absolute atomic E-state index is 0.136. The second-order valence-corrected chi connectivity index (χ2v) is 6.45. The number of ether oxygens (including phenoxy) is 1. The lowest BCUT2D eigenvalue weighted by molar-refractivity contribution is 0.0923. The van der Waals surface area contributed by atoms with Gasteiger partial charge in [0.15, 0.2) is 0 Å². The van der Waals surface area contributed by atoms with Gasteiger partial charge in [-0.2, -0.15) is 0 Å². The first-order valence-corrected chi connectivity index (χ1v) is 8.87. The highest BCUT2D eigenvalue weighted by Gasteiger charge is 2.37. The lowest BCUT2D eigenvalue weighted by Crippen LogP contribution is -2.30. The maximum Gasteiger partial charge on any atom is 0.284 e. The Kier molecular flexibility index (Phi) is 4.56. The zero-order valence-electron chi connectivity index (χ0n) is 15.8. The van der Waals surface area contributed by atoms with Gasteiger partial charge in [-0.25, -0.2) is 4.90 Å². The van der Waals surface area contributed by atoms with Crippen molar-refractivity contribution >= 4 is 29.1 Å². The fourth-order valence-electron chi connectivity index (χ4n) is 3.17. The molecule has 3 amide bonds. The van der Waals surface area contributed by atoms with Crippen molar-refractivity contribution in [2.45, 2.75) is 0 Å². The van der Waals surface area contributed by atoms with Gasteiger partial charge in [0, 0.05) is 24.5 Å². The van der Waals surface area contributed by atoms with Crippen LogP contribution in [0, 0.1) is 0 Å². The molecule has 0 N–H and O–H groups in total. The third-order valence-corrected chi connectivity index (χ3v) is 4.78. The number of imide groups is 1. The van der Waals surface area contributed by atoms with Crippen molar-refractivity contribution in [1.29, 1.82) is 0 Å². The summed E-state index contributed by atoms with van der Waals surface area (Å²) in [6.07, 6.45) is 1.48.